The van der Waals surface area contributed by atoms with Gasteiger partial charge in [-0.1, -0.05) is 13.8 Å². The Kier molecular flexibility index (Phi) is 4.42. The van der Waals surface area contributed by atoms with Crippen molar-refractivity contribution < 1.29 is 18.0 Å². The van der Waals surface area contributed by atoms with Crippen molar-refractivity contribution in [1.29, 1.82) is 0 Å². The molecular weight excluding hydrogens is 393 g/mol. The largest absolute Gasteiger partial charge is 0.433 e. The minimum atomic E-state index is -4.51. The highest BCUT2D eigenvalue weighted by atomic mass is 19.4. The van der Waals surface area contributed by atoms with Gasteiger partial charge >= 0.3 is 6.18 Å². The summed E-state index contributed by atoms with van der Waals surface area (Å²) in [6.07, 6.45) is 2.09. The van der Waals surface area contributed by atoms with E-state index < -0.39 is 11.9 Å². The van der Waals surface area contributed by atoms with Gasteiger partial charge in [-0.2, -0.15) is 13.2 Å². The van der Waals surface area contributed by atoms with Crippen molar-refractivity contribution in [3.63, 3.8) is 0 Å². The fourth-order valence-electron chi connectivity index (χ4n) is 5.83. The van der Waals surface area contributed by atoms with E-state index in [-0.39, 0.29) is 17.6 Å². The number of fused-ring (bicyclic) bond motifs is 3. The molecule has 4 aliphatic carbocycles. The number of nitrogens with one attached hydrogen (secondary N) is 1. The molecule has 30 heavy (non-hydrogen) atoms. The van der Waals surface area contributed by atoms with Crippen molar-refractivity contribution in [3.05, 3.63) is 17.8 Å². The van der Waals surface area contributed by atoms with Crippen molar-refractivity contribution in [2.45, 2.75) is 71.0 Å². The van der Waals surface area contributed by atoms with Crippen LogP contribution in [-0.2, 0) is 11.0 Å². The molecule has 0 aliphatic heterocycles. The number of pyridine rings is 1. The second kappa shape index (κ2) is 6.69. The van der Waals surface area contributed by atoms with Crippen LogP contribution in [0.25, 0.3) is 11.2 Å². The quantitative estimate of drug-likeness (QED) is 0.703. The monoisotopic (exact) mass is 420 g/mol. The molecule has 0 aromatic carbocycles. The molecule has 0 radical (unpaired) electrons. The number of rotatable bonds is 4. The molecule has 4 fully saturated rings. The van der Waals surface area contributed by atoms with Gasteiger partial charge in [-0.15, -0.1) is 0 Å². The number of halogens is 3. The summed E-state index contributed by atoms with van der Waals surface area (Å²) in [7, 11) is 0. The highest BCUT2D eigenvalue weighted by Gasteiger charge is 2.54. The number of nitrogens with zero attached hydrogens (tertiary/aromatic N) is 3. The molecule has 162 valence electrons. The van der Waals surface area contributed by atoms with Gasteiger partial charge in [0, 0.05) is 12.5 Å². The van der Waals surface area contributed by atoms with Gasteiger partial charge in [-0.3, -0.25) is 14.7 Å². The Bertz CT molecular complexity index is 990. The van der Waals surface area contributed by atoms with Gasteiger partial charge < -0.3 is 0 Å². The predicted molar refractivity (Wildman–Crippen MR) is 107 cm³/mol. The van der Waals surface area contributed by atoms with Crippen LogP contribution in [0, 0.1) is 23.2 Å². The highest BCUT2D eigenvalue weighted by molar-refractivity contribution is 5.91. The first-order valence-electron chi connectivity index (χ1n) is 10.9. The van der Waals surface area contributed by atoms with E-state index in [0.717, 1.165) is 37.7 Å². The number of amides is 1. The molecule has 1 amide bonds. The van der Waals surface area contributed by atoms with Gasteiger partial charge in [0.05, 0.1) is 0 Å². The van der Waals surface area contributed by atoms with Gasteiger partial charge in [-0.05, 0) is 73.8 Å². The van der Waals surface area contributed by atoms with Crippen molar-refractivity contribution in [2.75, 3.05) is 5.32 Å². The van der Waals surface area contributed by atoms with Crippen LogP contribution in [0.4, 0.5) is 19.1 Å². The summed E-state index contributed by atoms with van der Waals surface area (Å²) < 4.78 is 41.2. The van der Waals surface area contributed by atoms with Gasteiger partial charge in [0.2, 0.25) is 11.9 Å². The average Bonchev–Trinajstić information content (AvgIpc) is 2.96. The zero-order chi connectivity index (χ0) is 21.3. The minimum Gasteiger partial charge on any atom is -0.296 e. The third-order valence-corrected chi connectivity index (χ3v) is 7.97. The van der Waals surface area contributed by atoms with Gasteiger partial charge in [-0.25, -0.2) is 9.97 Å². The number of aromatic nitrogens is 3. The van der Waals surface area contributed by atoms with Crippen LogP contribution in [0.2, 0.25) is 0 Å². The number of hydrogen-bond acceptors (Lipinski definition) is 3. The highest BCUT2D eigenvalue weighted by Crippen LogP contribution is 2.62. The van der Waals surface area contributed by atoms with Crippen LogP contribution in [-0.4, -0.2) is 20.4 Å². The minimum absolute atomic E-state index is 0.0299. The Morgan fingerprint density at radius 3 is 2.57 bits per heavy atom. The SMILES string of the molecule is CC1(C)C2CCC(CC(=O)Nc3nc4ccc(C(F)(F)F)nc4n3C3CCC3)C1C2. The summed E-state index contributed by atoms with van der Waals surface area (Å²) in [6.45, 7) is 4.60. The van der Waals surface area contributed by atoms with Crippen LogP contribution in [0.15, 0.2) is 12.1 Å². The van der Waals surface area contributed by atoms with Crippen LogP contribution in [0.5, 0.6) is 0 Å². The third kappa shape index (κ3) is 3.10. The maximum atomic E-state index is 13.2. The lowest BCUT2D eigenvalue weighted by atomic mass is 9.45. The summed E-state index contributed by atoms with van der Waals surface area (Å²) in [5.74, 6) is 1.93. The first-order valence-corrected chi connectivity index (χ1v) is 10.9. The molecule has 3 atom stereocenters. The zero-order valence-electron chi connectivity index (χ0n) is 17.3. The number of carbonyl (C=O) groups is 1. The molecule has 3 unspecified atom stereocenters. The van der Waals surface area contributed by atoms with Crippen molar-refractivity contribution in [3.8, 4) is 0 Å². The molecule has 4 saturated carbocycles. The Labute approximate surface area is 173 Å². The van der Waals surface area contributed by atoms with E-state index in [2.05, 4.69) is 29.1 Å². The van der Waals surface area contributed by atoms with Crippen LogP contribution in [0.3, 0.4) is 0 Å². The van der Waals surface area contributed by atoms with E-state index in [1.165, 1.54) is 18.9 Å². The summed E-state index contributed by atoms with van der Waals surface area (Å²) >= 11 is 0. The van der Waals surface area contributed by atoms with Gasteiger partial charge in [0.25, 0.3) is 0 Å². The second-order valence-corrected chi connectivity index (χ2v) is 9.88. The average molecular weight is 420 g/mol. The predicted octanol–water partition coefficient (Wildman–Crippen LogP) is 5.58. The van der Waals surface area contributed by atoms with Crippen molar-refractivity contribution in [2.24, 2.45) is 23.2 Å². The van der Waals surface area contributed by atoms with Crippen LogP contribution < -0.4 is 5.32 Å². The molecule has 2 aromatic rings. The Balaban J connectivity index is 1.40. The maximum Gasteiger partial charge on any atom is 0.433 e. The number of hydrogen-bond donors (Lipinski definition) is 1. The first-order chi connectivity index (χ1) is 14.1. The molecular formula is C22H27F3N4O. The molecule has 2 heterocycles. The summed E-state index contributed by atoms with van der Waals surface area (Å²) in [5.41, 5.74) is -0.0474. The molecule has 5 nitrogen and oxygen atoms in total. The first kappa shape index (κ1) is 19.8. The van der Waals surface area contributed by atoms with E-state index >= 15 is 0 Å². The molecule has 6 rings (SSSR count). The maximum absolute atomic E-state index is 13.2. The van der Waals surface area contributed by atoms with Crippen LogP contribution in [0.1, 0.15) is 70.5 Å². The van der Waals surface area contributed by atoms with Crippen molar-refractivity contribution in [1.82, 2.24) is 14.5 Å². The van der Waals surface area contributed by atoms with E-state index in [9.17, 15) is 18.0 Å². The van der Waals surface area contributed by atoms with Crippen LogP contribution >= 0.6 is 0 Å². The molecule has 8 heteroatoms. The number of alkyl halides is 3. The zero-order valence-corrected chi connectivity index (χ0v) is 17.3. The molecule has 2 aromatic heterocycles. The topological polar surface area (TPSA) is 59.8 Å². The van der Waals surface area contributed by atoms with Crippen molar-refractivity contribution >= 4 is 23.0 Å². The molecule has 1 N–H and O–H groups in total. The van der Waals surface area contributed by atoms with E-state index in [1.807, 2.05) is 0 Å². The number of carbonyl (C=O) groups excluding carboxylic acids is 1. The summed E-state index contributed by atoms with van der Waals surface area (Å²) in [6, 6.07) is 2.32. The van der Waals surface area contributed by atoms with E-state index in [4.69, 9.17) is 0 Å². The molecule has 2 bridgehead atoms. The lowest BCUT2D eigenvalue weighted by molar-refractivity contribution is -0.141. The second-order valence-electron chi connectivity index (χ2n) is 9.88. The number of anilines is 1. The fraction of sp³-hybridized carbons (Fsp3) is 0.682. The molecule has 0 spiro atoms. The standard InChI is InChI=1S/C22H27F3N4O/c1-21(2)13-7-6-12(15(21)11-13)10-18(30)28-20-26-16-8-9-17(22(23,24)25)27-19(16)29(20)14-4-3-5-14/h8-9,12-15H,3-7,10-11H2,1-2H3,(H,26,28,30). The Morgan fingerprint density at radius 2 is 1.97 bits per heavy atom. The fourth-order valence-corrected chi connectivity index (χ4v) is 5.83. The van der Waals surface area contributed by atoms with E-state index in [0.29, 0.717) is 35.1 Å². The number of imidazole rings is 1. The Morgan fingerprint density at radius 1 is 1.20 bits per heavy atom. The lowest BCUT2D eigenvalue weighted by Crippen LogP contribution is -2.52. The van der Waals surface area contributed by atoms with Gasteiger partial charge in [0.15, 0.2) is 5.65 Å². The summed E-state index contributed by atoms with van der Waals surface area (Å²) in [4.78, 5) is 21.2. The molecule has 4 aliphatic rings. The lowest BCUT2D eigenvalue weighted by Gasteiger charge is -2.60. The summed E-state index contributed by atoms with van der Waals surface area (Å²) in [5, 5.41) is 2.91. The Hall–Kier alpha value is -2.12. The smallest absolute Gasteiger partial charge is 0.296 e. The van der Waals surface area contributed by atoms with Gasteiger partial charge in [0.1, 0.15) is 11.2 Å². The normalized spacial score (nSPS) is 28.1. The molecule has 0 saturated heterocycles. The third-order valence-electron chi connectivity index (χ3n) is 7.97. The van der Waals surface area contributed by atoms with E-state index in [1.54, 1.807) is 4.57 Å².